The van der Waals surface area contributed by atoms with E-state index in [0.29, 0.717) is 16.7 Å². The van der Waals surface area contributed by atoms with E-state index in [2.05, 4.69) is 0 Å². The fourth-order valence-electron chi connectivity index (χ4n) is 3.57. The number of aliphatic hydroxyl groups excluding tert-OH is 2. The Morgan fingerprint density at radius 2 is 1.62 bits per heavy atom. The summed E-state index contributed by atoms with van der Waals surface area (Å²) in [4.78, 5) is 38.9. The molecule has 1 aliphatic rings. The van der Waals surface area contributed by atoms with Crippen LogP contribution in [0.2, 0.25) is 0 Å². The van der Waals surface area contributed by atoms with Crippen molar-refractivity contribution < 1.29 is 34.1 Å². The summed E-state index contributed by atoms with van der Waals surface area (Å²) in [6.45, 7) is 2.03. The van der Waals surface area contributed by atoms with E-state index in [-0.39, 0.29) is 37.7 Å². The van der Waals surface area contributed by atoms with E-state index < -0.39 is 23.7 Å². The fourth-order valence-corrected chi connectivity index (χ4v) is 3.57. The Morgan fingerprint density at radius 3 is 2.22 bits per heavy atom. The average Bonchev–Trinajstić information content (AvgIpc) is 3.06. The minimum atomic E-state index is -0.860. The van der Waals surface area contributed by atoms with Crippen LogP contribution in [0.5, 0.6) is 0 Å². The van der Waals surface area contributed by atoms with Gasteiger partial charge in [-0.2, -0.15) is 0 Å². The summed E-state index contributed by atoms with van der Waals surface area (Å²) in [6, 6.07) is 12.4. The number of rotatable bonds is 8. The second kappa shape index (κ2) is 10.2. The number of carbonyl (C=O) groups is 3. The Balaban J connectivity index is 2.06. The van der Waals surface area contributed by atoms with Crippen LogP contribution >= 0.6 is 0 Å². The van der Waals surface area contributed by atoms with Crippen molar-refractivity contribution >= 4 is 23.4 Å². The molecule has 2 N–H and O–H groups in total. The van der Waals surface area contributed by atoms with Crippen molar-refractivity contribution in [1.82, 2.24) is 4.90 Å². The molecule has 0 spiro atoms. The Kier molecular flexibility index (Phi) is 7.40. The first-order chi connectivity index (χ1) is 15.4. The van der Waals surface area contributed by atoms with Gasteiger partial charge in [0.15, 0.2) is 0 Å². The number of aliphatic hydroxyl groups is 2. The number of methoxy groups -OCH3 is 1. The highest BCUT2D eigenvalue weighted by molar-refractivity contribution is 6.46. The molecule has 1 aliphatic heterocycles. The first-order valence-electron chi connectivity index (χ1n) is 10.1. The molecular formula is C24H25NO7. The predicted octanol–water partition coefficient (Wildman–Crippen LogP) is 2.21. The van der Waals surface area contributed by atoms with Gasteiger partial charge in [-0.3, -0.25) is 9.59 Å². The van der Waals surface area contributed by atoms with E-state index in [1.807, 2.05) is 6.92 Å². The standard InChI is InChI=1S/C24H25NO7/c1-15-3-5-17(6-4-15)21(27)19-20(16-7-9-18(10-8-16)24(30)31-2)25(23(29)22(19)28)11-13-32-14-12-26/h3-10,20,26-27H,11-14H2,1-2H3. The van der Waals surface area contributed by atoms with E-state index >= 15 is 0 Å². The predicted molar refractivity (Wildman–Crippen MR) is 116 cm³/mol. The number of likely N-dealkylation sites (tertiary alicyclic amines) is 1. The van der Waals surface area contributed by atoms with Gasteiger partial charge in [-0.1, -0.05) is 42.0 Å². The molecule has 8 heteroatoms. The van der Waals surface area contributed by atoms with Crippen LogP contribution in [0.1, 0.15) is 33.1 Å². The highest BCUT2D eigenvalue weighted by atomic mass is 16.5. The molecule has 1 unspecified atom stereocenters. The van der Waals surface area contributed by atoms with Crippen LogP contribution in [0.3, 0.4) is 0 Å². The monoisotopic (exact) mass is 439 g/mol. The number of hydrogen-bond acceptors (Lipinski definition) is 7. The van der Waals surface area contributed by atoms with E-state index in [0.717, 1.165) is 5.56 Å². The molecule has 3 rings (SSSR count). The first kappa shape index (κ1) is 23.2. The molecule has 0 radical (unpaired) electrons. The van der Waals surface area contributed by atoms with Crippen LogP contribution in [0.4, 0.5) is 0 Å². The highest BCUT2D eigenvalue weighted by Gasteiger charge is 2.45. The summed E-state index contributed by atoms with van der Waals surface area (Å²) in [6.07, 6.45) is 0. The molecule has 1 saturated heterocycles. The zero-order chi connectivity index (χ0) is 23.3. The van der Waals surface area contributed by atoms with Gasteiger partial charge >= 0.3 is 5.97 Å². The summed E-state index contributed by atoms with van der Waals surface area (Å²) in [7, 11) is 1.28. The number of benzene rings is 2. The van der Waals surface area contributed by atoms with Crippen LogP contribution in [0.15, 0.2) is 54.1 Å². The van der Waals surface area contributed by atoms with Crippen molar-refractivity contribution in [1.29, 1.82) is 0 Å². The Bertz CT molecular complexity index is 1030. The second-order valence-corrected chi connectivity index (χ2v) is 7.31. The molecule has 32 heavy (non-hydrogen) atoms. The maximum Gasteiger partial charge on any atom is 0.337 e. The van der Waals surface area contributed by atoms with Crippen LogP contribution in [-0.4, -0.2) is 66.2 Å². The van der Waals surface area contributed by atoms with Crippen molar-refractivity contribution in [3.05, 3.63) is 76.4 Å². The van der Waals surface area contributed by atoms with Crippen LogP contribution in [0.25, 0.3) is 5.76 Å². The Labute approximate surface area is 185 Å². The Morgan fingerprint density at radius 1 is 1.00 bits per heavy atom. The maximum atomic E-state index is 12.9. The van der Waals surface area contributed by atoms with Gasteiger partial charge in [0.05, 0.1) is 44.1 Å². The van der Waals surface area contributed by atoms with Gasteiger partial charge in [0.2, 0.25) is 0 Å². The van der Waals surface area contributed by atoms with Gasteiger partial charge in [-0.25, -0.2) is 4.79 Å². The van der Waals surface area contributed by atoms with E-state index in [1.165, 1.54) is 24.1 Å². The topological polar surface area (TPSA) is 113 Å². The van der Waals surface area contributed by atoms with Crippen molar-refractivity contribution in [3.63, 3.8) is 0 Å². The summed E-state index contributed by atoms with van der Waals surface area (Å²) in [5, 5.41) is 19.9. The van der Waals surface area contributed by atoms with Gasteiger partial charge in [0, 0.05) is 12.1 Å². The van der Waals surface area contributed by atoms with Crippen molar-refractivity contribution in [2.45, 2.75) is 13.0 Å². The number of nitrogens with zero attached hydrogens (tertiary/aromatic N) is 1. The Hall–Kier alpha value is -3.49. The molecule has 1 amide bonds. The smallest absolute Gasteiger partial charge is 0.337 e. The highest BCUT2D eigenvalue weighted by Crippen LogP contribution is 2.39. The number of amides is 1. The molecular weight excluding hydrogens is 414 g/mol. The largest absolute Gasteiger partial charge is 0.507 e. The van der Waals surface area contributed by atoms with Gasteiger partial charge in [-0.05, 0) is 24.6 Å². The third kappa shape index (κ3) is 4.71. The number of esters is 1. The molecule has 0 aromatic heterocycles. The number of ketones is 1. The molecule has 1 fully saturated rings. The quantitative estimate of drug-likeness (QED) is 0.213. The summed E-state index contributed by atoms with van der Waals surface area (Å²) >= 11 is 0. The minimum Gasteiger partial charge on any atom is -0.507 e. The van der Waals surface area contributed by atoms with Crippen molar-refractivity contribution in [2.75, 3.05) is 33.5 Å². The molecule has 0 bridgehead atoms. The lowest BCUT2D eigenvalue weighted by atomic mass is 9.94. The second-order valence-electron chi connectivity index (χ2n) is 7.31. The van der Waals surface area contributed by atoms with Crippen LogP contribution in [0, 0.1) is 6.92 Å². The SMILES string of the molecule is COC(=O)c1ccc(C2C(=C(O)c3ccc(C)cc3)C(=O)C(=O)N2CCOCCO)cc1. The summed E-state index contributed by atoms with van der Waals surface area (Å²) in [5.41, 5.74) is 2.23. The first-order valence-corrected chi connectivity index (χ1v) is 10.1. The van der Waals surface area contributed by atoms with Crippen LogP contribution < -0.4 is 0 Å². The number of hydrogen-bond donors (Lipinski definition) is 2. The fraction of sp³-hybridized carbons (Fsp3) is 0.292. The number of aryl methyl sites for hydroxylation is 1. The minimum absolute atomic E-state index is 0.0353. The van der Waals surface area contributed by atoms with Gasteiger partial charge in [0.25, 0.3) is 11.7 Å². The molecule has 8 nitrogen and oxygen atoms in total. The third-order valence-electron chi connectivity index (χ3n) is 5.22. The lowest BCUT2D eigenvalue weighted by Gasteiger charge is -2.25. The van der Waals surface area contributed by atoms with Gasteiger partial charge in [-0.15, -0.1) is 0 Å². The average molecular weight is 439 g/mol. The molecule has 168 valence electrons. The maximum absolute atomic E-state index is 12.9. The zero-order valence-corrected chi connectivity index (χ0v) is 17.9. The van der Waals surface area contributed by atoms with Gasteiger partial charge < -0.3 is 24.6 Å². The third-order valence-corrected chi connectivity index (χ3v) is 5.22. The normalized spacial score (nSPS) is 17.6. The van der Waals surface area contributed by atoms with Crippen LogP contribution in [-0.2, 0) is 19.1 Å². The molecule has 2 aromatic carbocycles. The van der Waals surface area contributed by atoms with Gasteiger partial charge in [0.1, 0.15) is 5.76 Å². The van der Waals surface area contributed by atoms with E-state index in [4.69, 9.17) is 14.6 Å². The van der Waals surface area contributed by atoms with E-state index in [1.54, 1.807) is 36.4 Å². The zero-order valence-electron chi connectivity index (χ0n) is 17.9. The summed E-state index contributed by atoms with van der Waals surface area (Å²) in [5.74, 6) is -2.34. The van der Waals surface area contributed by atoms with Crippen molar-refractivity contribution in [3.8, 4) is 0 Å². The number of Topliss-reactive ketones (excluding diaryl/α,β-unsaturated/α-hetero) is 1. The number of carbonyl (C=O) groups excluding carboxylic acids is 3. The summed E-state index contributed by atoms with van der Waals surface area (Å²) < 4.78 is 9.99. The number of ether oxygens (including phenoxy) is 2. The van der Waals surface area contributed by atoms with E-state index in [9.17, 15) is 19.5 Å². The molecule has 1 atom stereocenters. The molecule has 0 aliphatic carbocycles. The molecule has 1 heterocycles. The van der Waals surface area contributed by atoms with Crippen molar-refractivity contribution in [2.24, 2.45) is 0 Å². The lowest BCUT2D eigenvalue weighted by molar-refractivity contribution is -0.140. The molecule has 2 aromatic rings. The lowest BCUT2D eigenvalue weighted by Crippen LogP contribution is -2.33. The molecule has 0 saturated carbocycles.